The lowest BCUT2D eigenvalue weighted by atomic mass is 10.3. The summed E-state index contributed by atoms with van der Waals surface area (Å²) in [5.41, 5.74) is 0. The van der Waals surface area contributed by atoms with Crippen molar-refractivity contribution >= 4 is 11.7 Å². The molecule has 94 valence electrons. The first-order valence-corrected chi connectivity index (χ1v) is 5.65. The third-order valence-corrected chi connectivity index (χ3v) is 2.20. The number of amides is 1. The second-order valence-corrected chi connectivity index (χ2v) is 3.92. The van der Waals surface area contributed by atoms with Gasteiger partial charge in [-0.1, -0.05) is 6.92 Å². The van der Waals surface area contributed by atoms with Crippen molar-refractivity contribution in [3.8, 4) is 0 Å². The highest BCUT2D eigenvalue weighted by Gasteiger charge is 2.13. The second kappa shape index (κ2) is 6.85. The van der Waals surface area contributed by atoms with Crippen LogP contribution in [0, 0.1) is 0 Å². The zero-order chi connectivity index (χ0) is 12.7. The third-order valence-electron chi connectivity index (χ3n) is 2.20. The number of carbonyl (C=O) groups is 2. The van der Waals surface area contributed by atoms with Gasteiger partial charge in [-0.3, -0.25) is 14.5 Å². The number of nitrogens with zero attached hydrogens (tertiary/aromatic N) is 1. The van der Waals surface area contributed by atoms with Gasteiger partial charge in [0.25, 0.3) is 0 Å². The molecule has 0 unspecified atom stereocenters. The van der Waals surface area contributed by atoms with E-state index < -0.39 is 0 Å². The number of hydrogen-bond acceptors (Lipinski definition) is 4. The van der Waals surface area contributed by atoms with Crippen LogP contribution in [0.15, 0.2) is 22.8 Å². The van der Waals surface area contributed by atoms with E-state index in [1.165, 1.54) is 6.26 Å². The predicted molar refractivity (Wildman–Crippen MR) is 63.8 cm³/mol. The Hall–Kier alpha value is -1.62. The number of hydrogen-bond donors (Lipinski definition) is 1. The van der Waals surface area contributed by atoms with E-state index in [0.717, 1.165) is 6.42 Å². The van der Waals surface area contributed by atoms with E-state index in [9.17, 15) is 9.59 Å². The summed E-state index contributed by atoms with van der Waals surface area (Å²) in [6.07, 6.45) is 2.36. The molecule has 1 amide bonds. The largest absolute Gasteiger partial charge is 0.461 e. The molecule has 1 aromatic heterocycles. The maximum absolute atomic E-state index is 11.6. The molecule has 17 heavy (non-hydrogen) atoms. The van der Waals surface area contributed by atoms with Crippen molar-refractivity contribution in [1.29, 1.82) is 0 Å². The summed E-state index contributed by atoms with van der Waals surface area (Å²) in [5, 5.41) is 2.76. The SMILES string of the molecule is CCCNC(=O)CN(C)CC(=O)c1ccco1. The number of ketones is 1. The molecular formula is C12H18N2O3. The Morgan fingerprint density at radius 1 is 1.41 bits per heavy atom. The number of carbonyl (C=O) groups excluding carboxylic acids is 2. The van der Waals surface area contributed by atoms with Crippen LogP contribution >= 0.6 is 0 Å². The maximum Gasteiger partial charge on any atom is 0.234 e. The van der Waals surface area contributed by atoms with Gasteiger partial charge in [-0.2, -0.15) is 0 Å². The topological polar surface area (TPSA) is 62.6 Å². The van der Waals surface area contributed by atoms with Crippen molar-refractivity contribution in [1.82, 2.24) is 10.2 Å². The summed E-state index contributed by atoms with van der Waals surface area (Å²) < 4.78 is 4.99. The lowest BCUT2D eigenvalue weighted by molar-refractivity contribution is -0.121. The van der Waals surface area contributed by atoms with Crippen LogP contribution in [0.2, 0.25) is 0 Å². The van der Waals surface area contributed by atoms with Gasteiger partial charge in [0.1, 0.15) is 0 Å². The summed E-state index contributed by atoms with van der Waals surface area (Å²) in [7, 11) is 1.73. The lowest BCUT2D eigenvalue weighted by Gasteiger charge is -2.14. The molecule has 1 heterocycles. The van der Waals surface area contributed by atoms with Crippen LogP contribution in [0.4, 0.5) is 0 Å². The van der Waals surface area contributed by atoms with E-state index in [0.29, 0.717) is 12.3 Å². The van der Waals surface area contributed by atoms with Gasteiger partial charge in [-0.15, -0.1) is 0 Å². The Labute approximate surface area is 101 Å². The molecule has 0 aliphatic heterocycles. The van der Waals surface area contributed by atoms with Crippen molar-refractivity contribution in [3.05, 3.63) is 24.2 Å². The van der Waals surface area contributed by atoms with E-state index in [-0.39, 0.29) is 24.8 Å². The van der Waals surface area contributed by atoms with Crippen LogP contribution in [0.3, 0.4) is 0 Å². The molecule has 1 N–H and O–H groups in total. The minimum atomic E-state index is -0.124. The number of furan rings is 1. The molecule has 1 aromatic rings. The number of Topliss-reactive ketones (excluding diaryl/α,β-unsaturated/α-hetero) is 1. The van der Waals surface area contributed by atoms with Crippen molar-refractivity contribution in [2.45, 2.75) is 13.3 Å². The van der Waals surface area contributed by atoms with Crippen LogP contribution in [0.5, 0.6) is 0 Å². The number of nitrogens with one attached hydrogen (secondary N) is 1. The van der Waals surface area contributed by atoms with Gasteiger partial charge in [0.2, 0.25) is 11.7 Å². The summed E-state index contributed by atoms with van der Waals surface area (Å²) in [4.78, 5) is 24.7. The zero-order valence-electron chi connectivity index (χ0n) is 10.2. The minimum absolute atomic E-state index is 0.0680. The second-order valence-electron chi connectivity index (χ2n) is 3.92. The Morgan fingerprint density at radius 3 is 2.76 bits per heavy atom. The first-order chi connectivity index (χ1) is 8.13. The molecular weight excluding hydrogens is 220 g/mol. The van der Waals surface area contributed by atoms with Crippen molar-refractivity contribution < 1.29 is 14.0 Å². The fourth-order valence-corrected chi connectivity index (χ4v) is 1.38. The zero-order valence-corrected chi connectivity index (χ0v) is 10.2. The quantitative estimate of drug-likeness (QED) is 0.717. The van der Waals surface area contributed by atoms with Crippen LogP contribution in [-0.4, -0.2) is 43.3 Å². The fraction of sp³-hybridized carbons (Fsp3) is 0.500. The highest BCUT2D eigenvalue weighted by Crippen LogP contribution is 2.01. The molecule has 1 rings (SSSR count). The number of likely N-dealkylation sites (N-methyl/N-ethyl adjacent to an activating group) is 1. The summed E-state index contributed by atoms with van der Waals surface area (Å²) in [6.45, 7) is 3.04. The first kappa shape index (κ1) is 13.4. The standard InChI is InChI=1S/C12H18N2O3/c1-3-6-13-12(16)9-14(2)8-10(15)11-5-4-7-17-11/h4-5,7H,3,6,8-9H2,1-2H3,(H,13,16). The predicted octanol–water partition coefficient (Wildman–Crippen LogP) is 0.920. The summed E-state index contributed by atoms with van der Waals surface area (Å²) in [6, 6.07) is 3.29. The van der Waals surface area contributed by atoms with Crippen molar-refractivity contribution in [3.63, 3.8) is 0 Å². The van der Waals surface area contributed by atoms with Gasteiger partial charge in [0.15, 0.2) is 5.76 Å². The molecule has 0 bridgehead atoms. The van der Waals surface area contributed by atoms with Crippen molar-refractivity contribution in [2.24, 2.45) is 0 Å². The van der Waals surface area contributed by atoms with Crippen molar-refractivity contribution in [2.75, 3.05) is 26.7 Å². The normalized spacial score (nSPS) is 10.5. The molecule has 0 fully saturated rings. The van der Waals surface area contributed by atoms with Gasteiger partial charge in [-0.05, 0) is 25.6 Å². The summed E-state index contributed by atoms with van der Waals surface area (Å²) in [5.74, 6) is 0.133. The lowest BCUT2D eigenvalue weighted by Crippen LogP contribution is -2.37. The van der Waals surface area contributed by atoms with E-state index in [4.69, 9.17) is 4.42 Å². The van der Waals surface area contributed by atoms with Gasteiger partial charge in [-0.25, -0.2) is 0 Å². The molecule has 0 atom stereocenters. The molecule has 0 aliphatic carbocycles. The monoisotopic (exact) mass is 238 g/mol. The van der Waals surface area contributed by atoms with Gasteiger partial charge < -0.3 is 9.73 Å². The Morgan fingerprint density at radius 2 is 2.18 bits per heavy atom. The highest BCUT2D eigenvalue weighted by atomic mass is 16.3. The van der Waals surface area contributed by atoms with E-state index in [1.807, 2.05) is 6.92 Å². The molecule has 0 aromatic carbocycles. The van der Waals surface area contributed by atoms with E-state index >= 15 is 0 Å². The van der Waals surface area contributed by atoms with Crippen LogP contribution in [0.25, 0.3) is 0 Å². The molecule has 0 saturated heterocycles. The maximum atomic E-state index is 11.6. The molecule has 0 saturated carbocycles. The Balaban J connectivity index is 2.32. The fourth-order valence-electron chi connectivity index (χ4n) is 1.38. The molecule has 0 spiro atoms. The first-order valence-electron chi connectivity index (χ1n) is 5.65. The molecule has 0 aliphatic rings. The third kappa shape index (κ3) is 4.82. The Kier molecular flexibility index (Phi) is 5.42. The van der Waals surface area contributed by atoms with E-state index in [2.05, 4.69) is 5.32 Å². The van der Waals surface area contributed by atoms with Gasteiger partial charge >= 0.3 is 0 Å². The minimum Gasteiger partial charge on any atom is -0.461 e. The van der Waals surface area contributed by atoms with Gasteiger partial charge in [0, 0.05) is 6.54 Å². The average Bonchev–Trinajstić information content (AvgIpc) is 2.79. The smallest absolute Gasteiger partial charge is 0.234 e. The Bertz CT molecular complexity index is 360. The van der Waals surface area contributed by atoms with Crippen LogP contribution in [0.1, 0.15) is 23.9 Å². The van der Waals surface area contributed by atoms with Gasteiger partial charge in [0.05, 0.1) is 19.4 Å². The number of rotatable bonds is 7. The highest BCUT2D eigenvalue weighted by molar-refractivity contribution is 5.95. The summed E-state index contributed by atoms with van der Waals surface area (Å²) >= 11 is 0. The van der Waals surface area contributed by atoms with E-state index in [1.54, 1.807) is 24.1 Å². The van der Waals surface area contributed by atoms with Crippen LogP contribution in [-0.2, 0) is 4.79 Å². The molecule has 5 nitrogen and oxygen atoms in total. The molecule has 0 radical (unpaired) electrons. The average molecular weight is 238 g/mol. The van der Waals surface area contributed by atoms with Crippen LogP contribution < -0.4 is 5.32 Å². The molecule has 5 heteroatoms.